The molecule has 0 amide bonds. The van der Waals surface area contributed by atoms with Crippen molar-refractivity contribution in [2.24, 2.45) is 0 Å². The van der Waals surface area contributed by atoms with Crippen LogP contribution < -0.4 is 5.32 Å². The minimum Gasteiger partial charge on any atom is -0.467 e. The van der Waals surface area contributed by atoms with Crippen molar-refractivity contribution >= 4 is 11.8 Å². The van der Waals surface area contributed by atoms with Crippen LogP contribution in [0.3, 0.4) is 0 Å². The van der Waals surface area contributed by atoms with E-state index in [1.54, 1.807) is 12.3 Å². The molecular weight excluding hydrogens is 170 g/mol. The second-order valence-electron chi connectivity index (χ2n) is 2.60. The molecule has 0 radical (unpaired) electrons. The molecule has 1 rings (SSSR count). The number of nitrogens with one attached hydrogen (secondary N) is 2. The van der Waals surface area contributed by atoms with E-state index in [0.29, 0.717) is 6.42 Å². The number of ether oxygens (including phenoxy) is 1. The van der Waals surface area contributed by atoms with Gasteiger partial charge in [-0.15, -0.1) is 0 Å². The molecule has 2 N–H and O–H groups in total. The van der Waals surface area contributed by atoms with Crippen molar-refractivity contribution in [2.75, 3.05) is 12.4 Å². The summed E-state index contributed by atoms with van der Waals surface area (Å²) in [5, 5.41) is 9.43. The Morgan fingerprint density at radius 2 is 2.62 bits per heavy atom. The number of esters is 1. The Hall–Kier alpha value is -1.52. The summed E-state index contributed by atoms with van der Waals surface area (Å²) >= 11 is 0. The predicted molar refractivity (Wildman–Crippen MR) is 48.3 cm³/mol. The molecule has 0 fully saturated rings. The van der Waals surface area contributed by atoms with Gasteiger partial charge in [0.15, 0.2) is 0 Å². The third-order valence-electron chi connectivity index (χ3n) is 1.72. The van der Waals surface area contributed by atoms with Crippen LogP contribution in [-0.2, 0) is 9.53 Å². The maximum atomic E-state index is 11.2. The van der Waals surface area contributed by atoms with Crippen LogP contribution in [-0.4, -0.2) is 29.3 Å². The summed E-state index contributed by atoms with van der Waals surface area (Å²) in [6, 6.07) is 1.44. The number of H-pyrrole nitrogens is 1. The third kappa shape index (κ3) is 2.47. The maximum Gasteiger partial charge on any atom is 0.328 e. The number of hydrogen-bond acceptors (Lipinski definition) is 4. The van der Waals surface area contributed by atoms with Gasteiger partial charge in [0.25, 0.3) is 0 Å². The number of anilines is 1. The smallest absolute Gasteiger partial charge is 0.328 e. The summed E-state index contributed by atoms with van der Waals surface area (Å²) in [7, 11) is 1.37. The highest BCUT2D eigenvalue weighted by molar-refractivity contribution is 5.78. The molecule has 5 heteroatoms. The summed E-state index contributed by atoms with van der Waals surface area (Å²) in [4.78, 5) is 11.2. The number of hydrogen-bond donors (Lipinski definition) is 2. The maximum absolute atomic E-state index is 11.2. The minimum atomic E-state index is -0.314. The molecule has 72 valence electrons. The number of methoxy groups -OCH3 is 1. The zero-order chi connectivity index (χ0) is 9.68. The van der Waals surface area contributed by atoms with Crippen LogP contribution in [0.4, 0.5) is 5.82 Å². The van der Waals surface area contributed by atoms with Crippen molar-refractivity contribution in [3.8, 4) is 0 Å². The fourth-order valence-electron chi connectivity index (χ4n) is 0.994. The molecule has 13 heavy (non-hydrogen) atoms. The standard InChI is InChI=1S/C8H13N3O2/c1-3-6(8(12)13-2)10-7-4-5-9-11-7/h4-6H,3H2,1-2H3,(H2,9,10,11). The highest BCUT2D eigenvalue weighted by atomic mass is 16.5. The van der Waals surface area contributed by atoms with E-state index in [-0.39, 0.29) is 12.0 Å². The average molecular weight is 183 g/mol. The van der Waals surface area contributed by atoms with Crippen LogP contribution >= 0.6 is 0 Å². The molecule has 1 aromatic heterocycles. The number of rotatable bonds is 4. The Morgan fingerprint density at radius 3 is 3.08 bits per heavy atom. The van der Waals surface area contributed by atoms with Gasteiger partial charge in [0.05, 0.1) is 13.3 Å². The molecule has 1 atom stereocenters. The number of carbonyl (C=O) groups excluding carboxylic acids is 1. The Balaban J connectivity index is 2.54. The van der Waals surface area contributed by atoms with Gasteiger partial charge in [0.2, 0.25) is 0 Å². The van der Waals surface area contributed by atoms with E-state index in [0.717, 1.165) is 5.82 Å². The zero-order valence-corrected chi connectivity index (χ0v) is 7.70. The first kappa shape index (κ1) is 9.57. The lowest BCUT2D eigenvalue weighted by molar-refractivity contribution is -0.141. The van der Waals surface area contributed by atoms with Crippen molar-refractivity contribution in [1.82, 2.24) is 10.2 Å². The number of nitrogens with zero attached hydrogens (tertiary/aromatic N) is 1. The number of carbonyl (C=O) groups is 1. The number of aromatic nitrogens is 2. The molecule has 0 saturated carbocycles. The van der Waals surface area contributed by atoms with Crippen LogP contribution in [0.2, 0.25) is 0 Å². The third-order valence-corrected chi connectivity index (χ3v) is 1.72. The van der Waals surface area contributed by atoms with Crippen molar-refractivity contribution < 1.29 is 9.53 Å². The lowest BCUT2D eigenvalue weighted by atomic mass is 10.2. The molecule has 0 aromatic carbocycles. The van der Waals surface area contributed by atoms with E-state index in [2.05, 4.69) is 20.3 Å². The van der Waals surface area contributed by atoms with E-state index < -0.39 is 0 Å². The normalized spacial score (nSPS) is 12.2. The zero-order valence-electron chi connectivity index (χ0n) is 7.70. The fraction of sp³-hybridized carbons (Fsp3) is 0.500. The van der Waals surface area contributed by atoms with Gasteiger partial charge in [-0.3, -0.25) is 5.10 Å². The van der Waals surface area contributed by atoms with Gasteiger partial charge in [0, 0.05) is 0 Å². The second-order valence-corrected chi connectivity index (χ2v) is 2.60. The predicted octanol–water partition coefficient (Wildman–Crippen LogP) is 0.773. The molecule has 1 unspecified atom stereocenters. The minimum absolute atomic E-state index is 0.267. The Labute approximate surface area is 76.5 Å². The first-order valence-corrected chi connectivity index (χ1v) is 4.11. The average Bonchev–Trinajstić information content (AvgIpc) is 2.65. The highest BCUT2D eigenvalue weighted by Gasteiger charge is 2.16. The molecule has 0 aliphatic carbocycles. The van der Waals surface area contributed by atoms with Gasteiger partial charge >= 0.3 is 5.97 Å². The molecule has 0 bridgehead atoms. The van der Waals surface area contributed by atoms with Crippen LogP contribution in [0.15, 0.2) is 12.3 Å². The lowest BCUT2D eigenvalue weighted by Crippen LogP contribution is -2.29. The quantitative estimate of drug-likeness (QED) is 0.677. The summed E-state index contributed by atoms with van der Waals surface area (Å²) in [5.41, 5.74) is 0. The van der Waals surface area contributed by atoms with E-state index in [1.165, 1.54) is 7.11 Å². The fourth-order valence-corrected chi connectivity index (χ4v) is 0.994. The van der Waals surface area contributed by atoms with Crippen molar-refractivity contribution in [1.29, 1.82) is 0 Å². The summed E-state index contributed by atoms with van der Waals surface area (Å²) in [6.45, 7) is 1.91. The van der Waals surface area contributed by atoms with Gasteiger partial charge in [-0.1, -0.05) is 6.92 Å². The van der Waals surface area contributed by atoms with Crippen molar-refractivity contribution in [2.45, 2.75) is 19.4 Å². The molecule has 1 aromatic rings. The molecule has 0 saturated heterocycles. The Bertz CT molecular complexity index is 258. The van der Waals surface area contributed by atoms with Gasteiger partial charge < -0.3 is 10.1 Å². The Kier molecular flexibility index (Phi) is 3.31. The van der Waals surface area contributed by atoms with E-state index >= 15 is 0 Å². The SMILES string of the molecule is CCC(Nc1ccn[nH]1)C(=O)OC. The number of aromatic amines is 1. The Morgan fingerprint density at radius 1 is 1.85 bits per heavy atom. The lowest BCUT2D eigenvalue weighted by Gasteiger charge is -2.13. The topological polar surface area (TPSA) is 67.0 Å². The molecule has 0 aliphatic heterocycles. The monoisotopic (exact) mass is 183 g/mol. The first-order valence-electron chi connectivity index (χ1n) is 4.11. The van der Waals surface area contributed by atoms with Gasteiger partial charge in [0.1, 0.15) is 11.9 Å². The van der Waals surface area contributed by atoms with Crippen molar-refractivity contribution in [3.63, 3.8) is 0 Å². The van der Waals surface area contributed by atoms with Gasteiger partial charge in [-0.05, 0) is 12.5 Å². The summed E-state index contributed by atoms with van der Waals surface area (Å²) in [6.07, 6.45) is 2.29. The first-order chi connectivity index (χ1) is 6.27. The van der Waals surface area contributed by atoms with Gasteiger partial charge in [-0.25, -0.2) is 4.79 Å². The van der Waals surface area contributed by atoms with Gasteiger partial charge in [-0.2, -0.15) is 5.10 Å². The molecule has 0 aliphatic rings. The summed E-state index contributed by atoms with van der Waals surface area (Å²) < 4.78 is 4.62. The molecule has 1 heterocycles. The largest absolute Gasteiger partial charge is 0.467 e. The molecular formula is C8H13N3O2. The van der Waals surface area contributed by atoms with Crippen LogP contribution in [0.5, 0.6) is 0 Å². The highest BCUT2D eigenvalue weighted by Crippen LogP contribution is 2.05. The van der Waals surface area contributed by atoms with E-state index in [4.69, 9.17) is 0 Å². The van der Waals surface area contributed by atoms with E-state index in [9.17, 15) is 4.79 Å². The molecule has 0 spiro atoms. The molecule has 5 nitrogen and oxygen atoms in total. The van der Waals surface area contributed by atoms with Crippen molar-refractivity contribution in [3.05, 3.63) is 12.3 Å². The van der Waals surface area contributed by atoms with Crippen LogP contribution in [0, 0.1) is 0 Å². The van der Waals surface area contributed by atoms with E-state index in [1.807, 2.05) is 6.92 Å². The van der Waals surface area contributed by atoms with Crippen LogP contribution in [0.25, 0.3) is 0 Å². The second kappa shape index (κ2) is 4.49. The summed E-state index contributed by atoms with van der Waals surface area (Å²) in [5.74, 6) is 0.453. The van der Waals surface area contributed by atoms with Crippen LogP contribution in [0.1, 0.15) is 13.3 Å².